The Hall–Kier alpha value is -1.88. The first-order chi connectivity index (χ1) is 10.5. The number of carbonyl (C=O) groups excluding carboxylic acids is 2. The first-order valence-corrected chi connectivity index (χ1v) is 7.63. The van der Waals surface area contributed by atoms with E-state index in [4.69, 9.17) is 9.47 Å². The van der Waals surface area contributed by atoms with Gasteiger partial charge in [-0.1, -0.05) is 30.3 Å². The fraction of sp³-hybridized carbons (Fsp3) is 0.529. The van der Waals surface area contributed by atoms with Gasteiger partial charge in [-0.25, -0.2) is 0 Å². The maximum atomic E-state index is 11.2. The minimum absolute atomic E-state index is 0.0882. The molecular weight excluding hydrogens is 282 g/mol. The first kappa shape index (κ1) is 16.5. The van der Waals surface area contributed by atoms with Gasteiger partial charge in [-0.05, 0) is 18.4 Å². The summed E-state index contributed by atoms with van der Waals surface area (Å²) < 4.78 is 10.5. The van der Waals surface area contributed by atoms with Gasteiger partial charge in [-0.2, -0.15) is 0 Å². The van der Waals surface area contributed by atoms with Crippen molar-refractivity contribution in [3.63, 3.8) is 0 Å². The van der Waals surface area contributed by atoms with Crippen molar-refractivity contribution in [2.24, 2.45) is 0 Å². The summed E-state index contributed by atoms with van der Waals surface area (Å²) in [5, 5.41) is 0. The summed E-state index contributed by atoms with van der Waals surface area (Å²) in [5.74, 6) is -0.509. The highest BCUT2D eigenvalue weighted by Crippen LogP contribution is 2.22. The van der Waals surface area contributed by atoms with E-state index in [9.17, 15) is 9.59 Å². The molecule has 0 amide bonds. The smallest absolute Gasteiger partial charge is 0.302 e. The Morgan fingerprint density at radius 3 is 2.50 bits per heavy atom. The van der Waals surface area contributed by atoms with Gasteiger partial charge >= 0.3 is 11.9 Å². The Bertz CT molecular complexity index is 503. The second-order valence-corrected chi connectivity index (χ2v) is 5.68. The van der Waals surface area contributed by atoms with Crippen molar-refractivity contribution in [2.45, 2.75) is 45.4 Å². The second-order valence-electron chi connectivity index (χ2n) is 5.68. The number of nitrogens with zero attached hydrogens (tertiary/aromatic N) is 1. The van der Waals surface area contributed by atoms with Gasteiger partial charge in [0.15, 0.2) is 0 Å². The van der Waals surface area contributed by atoms with E-state index in [1.165, 1.54) is 19.4 Å². The molecule has 0 saturated carbocycles. The molecule has 1 heterocycles. The Morgan fingerprint density at radius 2 is 1.86 bits per heavy atom. The molecule has 1 aliphatic rings. The molecule has 1 aromatic rings. The normalized spacial score (nSPS) is 22.1. The highest BCUT2D eigenvalue weighted by molar-refractivity contribution is 5.66. The number of esters is 2. The average Bonchev–Trinajstić information content (AvgIpc) is 2.47. The molecule has 1 fully saturated rings. The highest BCUT2D eigenvalue weighted by Gasteiger charge is 2.30. The molecule has 1 aromatic carbocycles. The van der Waals surface area contributed by atoms with Gasteiger partial charge in [0.1, 0.15) is 12.7 Å². The molecule has 0 N–H and O–H groups in total. The number of ether oxygens (including phenoxy) is 2. The summed E-state index contributed by atoms with van der Waals surface area (Å²) in [5.41, 5.74) is 1.19. The lowest BCUT2D eigenvalue weighted by molar-refractivity contribution is -0.151. The molecule has 0 unspecified atom stereocenters. The third kappa shape index (κ3) is 5.15. The van der Waals surface area contributed by atoms with Gasteiger partial charge in [0.05, 0.1) is 0 Å². The van der Waals surface area contributed by atoms with E-state index < -0.39 is 0 Å². The monoisotopic (exact) mass is 305 g/mol. The number of likely N-dealkylation sites (tertiary alicyclic amines) is 1. The standard InChI is InChI=1S/C17H23NO4/c1-13(19)21-12-16-8-9-17(22-14(2)20)11-18(16)10-15-6-4-3-5-7-15/h3-7,16-17H,8-12H2,1-2H3/t16-,17-/m1/s1. The average molecular weight is 305 g/mol. The molecule has 0 spiro atoms. The maximum absolute atomic E-state index is 11.2. The van der Waals surface area contributed by atoms with E-state index in [0.717, 1.165) is 19.4 Å². The van der Waals surface area contributed by atoms with Crippen LogP contribution in [0.5, 0.6) is 0 Å². The van der Waals surface area contributed by atoms with Gasteiger partial charge in [0.2, 0.25) is 0 Å². The first-order valence-electron chi connectivity index (χ1n) is 7.63. The molecule has 0 aliphatic carbocycles. The number of piperidine rings is 1. The van der Waals surface area contributed by atoms with Crippen LogP contribution in [-0.4, -0.2) is 42.1 Å². The summed E-state index contributed by atoms with van der Waals surface area (Å²) in [4.78, 5) is 24.4. The number of carbonyl (C=O) groups is 2. The third-order valence-corrected chi connectivity index (χ3v) is 3.82. The van der Waals surface area contributed by atoms with E-state index in [2.05, 4.69) is 17.0 Å². The van der Waals surface area contributed by atoms with E-state index in [0.29, 0.717) is 13.2 Å². The van der Waals surface area contributed by atoms with Crippen molar-refractivity contribution in [2.75, 3.05) is 13.2 Å². The third-order valence-electron chi connectivity index (χ3n) is 3.82. The Labute approximate surface area is 131 Å². The topological polar surface area (TPSA) is 55.8 Å². The van der Waals surface area contributed by atoms with Crippen LogP contribution in [0.15, 0.2) is 30.3 Å². The van der Waals surface area contributed by atoms with Crippen LogP contribution >= 0.6 is 0 Å². The Morgan fingerprint density at radius 1 is 1.14 bits per heavy atom. The van der Waals surface area contributed by atoms with Crippen LogP contribution in [0.3, 0.4) is 0 Å². The molecule has 2 rings (SSSR count). The van der Waals surface area contributed by atoms with Crippen LogP contribution in [0.2, 0.25) is 0 Å². The van der Waals surface area contributed by atoms with Crippen LogP contribution in [0.25, 0.3) is 0 Å². The van der Waals surface area contributed by atoms with Gasteiger partial charge < -0.3 is 9.47 Å². The molecule has 0 bridgehead atoms. The lowest BCUT2D eigenvalue weighted by atomic mass is 9.99. The maximum Gasteiger partial charge on any atom is 0.302 e. The molecular formula is C17H23NO4. The van der Waals surface area contributed by atoms with Crippen LogP contribution in [0, 0.1) is 0 Å². The molecule has 1 aliphatic heterocycles. The lowest BCUT2D eigenvalue weighted by Gasteiger charge is -2.38. The van der Waals surface area contributed by atoms with Crippen LogP contribution in [0.4, 0.5) is 0 Å². The number of rotatable bonds is 5. The van der Waals surface area contributed by atoms with Crippen molar-refractivity contribution in [3.8, 4) is 0 Å². The fourth-order valence-electron chi connectivity index (χ4n) is 2.81. The quantitative estimate of drug-likeness (QED) is 0.780. The van der Waals surface area contributed by atoms with Crippen molar-refractivity contribution < 1.29 is 19.1 Å². The zero-order chi connectivity index (χ0) is 15.9. The second kappa shape index (κ2) is 7.94. The Kier molecular flexibility index (Phi) is 5.95. The number of hydrogen-bond acceptors (Lipinski definition) is 5. The zero-order valence-corrected chi connectivity index (χ0v) is 13.2. The highest BCUT2D eigenvalue weighted by atomic mass is 16.5. The van der Waals surface area contributed by atoms with Crippen molar-refractivity contribution in [1.82, 2.24) is 4.90 Å². The lowest BCUT2D eigenvalue weighted by Crippen LogP contribution is -2.48. The summed E-state index contributed by atoms with van der Waals surface area (Å²) >= 11 is 0. The largest absolute Gasteiger partial charge is 0.464 e. The molecule has 22 heavy (non-hydrogen) atoms. The fourth-order valence-corrected chi connectivity index (χ4v) is 2.81. The van der Waals surface area contributed by atoms with Crippen LogP contribution in [0.1, 0.15) is 32.3 Å². The zero-order valence-electron chi connectivity index (χ0n) is 13.2. The van der Waals surface area contributed by atoms with Gasteiger partial charge in [0, 0.05) is 33.0 Å². The predicted molar refractivity (Wildman–Crippen MR) is 82.1 cm³/mol. The van der Waals surface area contributed by atoms with E-state index in [1.807, 2.05) is 18.2 Å². The summed E-state index contributed by atoms with van der Waals surface area (Å²) in [6.45, 7) is 4.67. The number of hydrogen-bond donors (Lipinski definition) is 0. The van der Waals surface area contributed by atoms with Crippen molar-refractivity contribution >= 4 is 11.9 Å². The molecule has 0 aromatic heterocycles. The summed E-state index contributed by atoms with van der Waals surface area (Å²) in [7, 11) is 0. The number of benzene rings is 1. The van der Waals surface area contributed by atoms with Crippen LogP contribution in [-0.2, 0) is 25.6 Å². The SMILES string of the molecule is CC(=O)OC[C@H]1CC[C@@H](OC(C)=O)CN1Cc1ccccc1. The van der Waals surface area contributed by atoms with Gasteiger partial charge in [-0.15, -0.1) is 0 Å². The Balaban J connectivity index is 2.01. The molecule has 1 saturated heterocycles. The molecule has 0 radical (unpaired) electrons. The molecule has 120 valence electrons. The minimum atomic E-state index is -0.262. The van der Waals surface area contributed by atoms with Crippen molar-refractivity contribution in [3.05, 3.63) is 35.9 Å². The van der Waals surface area contributed by atoms with Crippen LogP contribution < -0.4 is 0 Å². The van der Waals surface area contributed by atoms with E-state index in [-0.39, 0.29) is 24.1 Å². The molecule has 2 atom stereocenters. The van der Waals surface area contributed by atoms with Crippen molar-refractivity contribution in [1.29, 1.82) is 0 Å². The minimum Gasteiger partial charge on any atom is -0.464 e. The molecule has 5 heteroatoms. The van der Waals surface area contributed by atoms with E-state index >= 15 is 0 Å². The van der Waals surface area contributed by atoms with E-state index in [1.54, 1.807) is 0 Å². The van der Waals surface area contributed by atoms with Gasteiger partial charge in [0.25, 0.3) is 0 Å². The summed E-state index contributed by atoms with van der Waals surface area (Å²) in [6, 6.07) is 10.3. The predicted octanol–water partition coefficient (Wildman–Crippen LogP) is 2.15. The molecule has 5 nitrogen and oxygen atoms in total. The summed E-state index contributed by atoms with van der Waals surface area (Å²) in [6.07, 6.45) is 1.56. The van der Waals surface area contributed by atoms with Gasteiger partial charge in [-0.3, -0.25) is 14.5 Å².